The summed E-state index contributed by atoms with van der Waals surface area (Å²) in [5.41, 5.74) is -5.56. The number of hydrogen-bond donors (Lipinski definition) is 2. The van der Waals surface area contributed by atoms with Crippen molar-refractivity contribution in [1.29, 1.82) is 0 Å². The van der Waals surface area contributed by atoms with Crippen LogP contribution >= 0.6 is 11.3 Å². The van der Waals surface area contributed by atoms with Crippen LogP contribution in [0.1, 0.15) is 86.5 Å². The number of rotatable bonds is 8. The minimum absolute atomic E-state index is 0.00361. The Kier molecular flexibility index (Phi) is 15.7. The number of likely N-dealkylation sites (N-methyl/N-ethyl adjacent to an activating group) is 1. The number of ketones is 1. The predicted octanol–water partition coefficient (Wildman–Crippen LogP) is 4.73. The van der Waals surface area contributed by atoms with Gasteiger partial charge in [0.1, 0.15) is 23.5 Å². The first-order valence-corrected chi connectivity index (χ1v) is 21.6. The third-order valence-corrected chi connectivity index (χ3v) is 13.1. The first kappa shape index (κ1) is 48.4. The molecule has 338 valence electrons. The molecule has 5 heterocycles. The van der Waals surface area contributed by atoms with Gasteiger partial charge in [-0.3, -0.25) is 19.6 Å². The fraction of sp³-hybridized carbons (Fsp3) is 0.698. The van der Waals surface area contributed by atoms with Crippen LogP contribution in [-0.2, 0) is 49.5 Å². The second-order valence-corrected chi connectivity index (χ2v) is 18.6. The summed E-state index contributed by atoms with van der Waals surface area (Å²) in [6.07, 6.45) is -1.58. The lowest BCUT2D eigenvalue weighted by Crippen LogP contribution is -2.61. The van der Waals surface area contributed by atoms with E-state index in [-0.39, 0.29) is 44.5 Å². The number of aliphatic hydroxyl groups excluding tert-OH is 1. The third-order valence-electron chi connectivity index (χ3n) is 12.0. The Bertz CT molecular complexity index is 1910. The smallest absolute Gasteiger partial charge is 0.351 e. The van der Waals surface area contributed by atoms with Crippen molar-refractivity contribution in [2.75, 3.05) is 27.3 Å². The lowest BCUT2D eigenvalue weighted by atomic mass is 9.73. The molecule has 0 unspecified atom stereocenters. The molecule has 3 saturated heterocycles. The fourth-order valence-corrected chi connectivity index (χ4v) is 9.69. The number of oxime groups is 1. The van der Waals surface area contributed by atoms with E-state index in [1.807, 2.05) is 45.0 Å². The van der Waals surface area contributed by atoms with E-state index in [1.54, 1.807) is 39.4 Å². The van der Waals surface area contributed by atoms with Crippen molar-refractivity contribution in [2.45, 2.75) is 148 Å². The van der Waals surface area contributed by atoms with Crippen molar-refractivity contribution < 1.29 is 57.5 Å². The fourth-order valence-electron chi connectivity index (χ4n) is 8.82. The quantitative estimate of drug-likeness (QED) is 0.210. The van der Waals surface area contributed by atoms with Gasteiger partial charge in [0.2, 0.25) is 5.91 Å². The first-order chi connectivity index (χ1) is 28.6. The lowest BCUT2D eigenvalue weighted by molar-refractivity contribution is -0.296. The number of Topliss-reactive ketones (excluding diaryl/α,β-unsaturated/α-hetero) is 1. The second-order valence-electron chi connectivity index (χ2n) is 17.4. The van der Waals surface area contributed by atoms with Crippen molar-refractivity contribution >= 4 is 40.4 Å². The van der Waals surface area contributed by atoms with Crippen molar-refractivity contribution in [1.82, 2.24) is 14.9 Å². The van der Waals surface area contributed by atoms with Crippen LogP contribution in [0.15, 0.2) is 40.9 Å². The Balaban J connectivity index is 1.66. The van der Waals surface area contributed by atoms with Crippen molar-refractivity contribution in [3.05, 3.63) is 35.6 Å². The molecule has 0 spiro atoms. The molecule has 3 aliphatic heterocycles. The van der Waals surface area contributed by atoms with Gasteiger partial charge >= 0.3 is 5.97 Å². The summed E-state index contributed by atoms with van der Waals surface area (Å²) in [5.74, 6) is -6.08. The zero-order valence-electron chi connectivity index (χ0n) is 37.0. The minimum Gasteiger partial charge on any atom is -0.457 e. The molecule has 0 radical (unpaired) electrons. The summed E-state index contributed by atoms with van der Waals surface area (Å²) in [6.45, 7) is 13.2. The summed E-state index contributed by atoms with van der Waals surface area (Å²) in [6, 6.07) is 3.39. The van der Waals surface area contributed by atoms with Gasteiger partial charge in [-0.2, -0.15) is 0 Å². The van der Waals surface area contributed by atoms with Crippen LogP contribution in [0, 0.1) is 17.8 Å². The molecule has 3 fully saturated rings. The molecule has 1 amide bonds. The van der Waals surface area contributed by atoms with E-state index in [4.69, 9.17) is 28.5 Å². The van der Waals surface area contributed by atoms with Gasteiger partial charge in [0.05, 0.1) is 53.9 Å². The Hall–Kier alpha value is -3.62. The number of aliphatic hydroxyl groups is 2. The highest BCUT2D eigenvalue weighted by Crippen LogP contribution is 2.41. The molecule has 2 aromatic heterocycles. The van der Waals surface area contributed by atoms with Crippen LogP contribution in [0.4, 0.5) is 4.39 Å². The van der Waals surface area contributed by atoms with E-state index in [2.05, 4.69) is 20.1 Å². The molecule has 16 nitrogen and oxygen atoms in total. The molecule has 18 heteroatoms. The minimum atomic E-state index is -3.22. The van der Waals surface area contributed by atoms with Crippen LogP contribution in [-0.4, -0.2) is 141 Å². The monoisotopic (exact) mass is 875 g/mol. The number of carbonyl (C=O) groups excluding carboxylic acids is 3. The number of cyclic esters (lactones) is 1. The lowest BCUT2D eigenvalue weighted by Gasteiger charge is -2.47. The van der Waals surface area contributed by atoms with E-state index < -0.39 is 89.0 Å². The van der Waals surface area contributed by atoms with E-state index in [1.165, 1.54) is 32.1 Å². The van der Waals surface area contributed by atoms with Gasteiger partial charge in [-0.05, 0) is 79.1 Å². The number of esters is 1. The SMILES string of the molecule is CC[C@H]1OC(=O)[C@@](C)(F)C(=O)[C@H](C)[C@@H](O[C@@H]2O[C@H](C)C[C@H](N(C)C)[C@H]2O)[C@@]2(C)C[C@@H](C)C(=NC(C)=O)[C@H](C)[C@H](OC/C(=N\OCc3ccc(-c4cnccn4)s3)CO2)[C@]1(C)O. The van der Waals surface area contributed by atoms with E-state index >= 15 is 4.39 Å². The molecule has 2 aromatic rings. The van der Waals surface area contributed by atoms with E-state index in [0.717, 1.165) is 16.7 Å². The van der Waals surface area contributed by atoms with Gasteiger partial charge in [-0.15, -0.1) is 11.3 Å². The van der Waals surface area contributed by atoms with Gasteiger partial charge in [-0.1, -0.05) is 32.9 Å². The highest BCUT2D eigenvalue weighted by molar-refractivity contribution is 7.15. The Morgan fingerprint density at radius 1 is 1.10 bits per heavy atom. The Morgan fingerprint density at radius 3 is 2.46 bits per heavy atom. The molecule has 3 aliphatic rings. The van der Waals surface area contributed by atoms with Crippen LogP contribution in [0.3, 0.4) is 0 Å². The van der Waals surface area contributed by atoms with E-state index in [9.17, 15) is 24.6 Å². The summed E-state index contributed by atoms with van der Waals surface area (Å²) in [5, 5.41) is 28.5. The largest absolute Gasteiger partial charge is 0.457 e. The summed E-state index contributed by atoms with van der Waals surface area (Å²) < 4.78 is 48.8. The summed E-state index contributed by atoms with van der Waals surface area (Å²) in [7, 11) is 3.64. The number of hydrogen-bond acceptors (Lipinski definition) is 16. The second kappa shape index (κ2) is 19.8. The third kappa shape index (κ3) is 11.0. The molecule has 0 aliphatic carbocycles. The number of amides is 1. The molecular formula is C43H62FN5O11S. The molecule has 0 aromatic carbocycles. The summed E-state index contributed by atoms with van der Waals surface area (Å²) >= 11 is 1.45. The van der Waals surface area contributed by atoms with Crippen LogP contribution in [0.2, 0.25) is 0 Å². The molecule has 61 heavy (non-hydrogen) atoms. The van der Waals surface area contributed by atoms with Gasteiger partial charge in [0.15, 0.2) is 18.7 Å². The summed E-state index contributed by atoms with van der Waals surface area (Å²) in [4.78, 5) is 63.5. The average molecular weight is 876 g/mol. The number of thiophene rings is 1. The highest BCUT2D eigenvalue weighted by atomic mass is 32.1. The van der Waals surface area contributed by atoms with Crippen LogP contribution < -0.4 is 0 Å². The maximum atomic E-state index is 16.9. The van der Waals surface area contributed by atoms with Crippen molar-refractivity contribution in [3.8, 4) is 10.6 Å². The number of alkyl halides is 1. The first-order valence-electron chi connectivity index (χ1n) is 20.8. The van der Waals surface area contributed by atoms with Gasteiger partial charge in [-0.25, -0.2) is 14.2 Å². The number of halogens is 1. The number of ether oxygens (including phenoxy) is 5. The number of fused-ring (bicyclic) bond motifs is 5. The number of aliphatic imine (C=N–C) groups is 1. The van der Waals surface area contributed by atoms with Crippen LogP contribution in [0.5, 0.6) is 0 Å². The number of aromatic nitrogens is 2. The van der Waals surface area contributed by atoms with Gasteiger partial charge < -0.3 is 43.6 Å². The zero-order valence-corrected chi connectivity index (χ0v) is 37.8. The molecule has 0 saturated carbocycles. The van der Waals surface area contributed by atoms with Gasteiger partial charge in [0, 0.05) is 47.8 Å². The van der Waals surface area contributed by atoms with Crippen LogP contribution in [0.25, 0.3) is 10.6 Å². The predicted molar refractivity (Wildman–Crippen MR) is 225 cm³/mol. The number of carbonyl (C=O) groups is 3. The molecule has 2 bridgehead atoms. The Labute approximate surface area is 361 Å². The standard InChI is InChI=1S/C43H62FN5O11S/c1-12-33-43(9,54)38-25(4)34(47-27(6)50)23(2)18-41(7,56-21-28(20-55-38)48-57-22-29-13-14-32(61-29)30-19-45-15-16-46-30)37(26(5)36(52)42(8,44)40(53)59-33)60-39-35(51)31(49(10)11)17-24(3)58-39/h13-16,19,23-26,31,33,35,37-39,51,54H,12,17-18,20-22H2,1-11H3/b47-34?,48-28+/t23-,24-,25+,26+,31+,33-,35-,37-,38+,39+,41-,42+,43-/m1/s1. The maximum Gasteiger partial charge on any atom is 0.351 e. The number of nitrogens with zero attached hydrogens (tertiary/aromatic N) is 5. The molecule has 13 atom stereocenters. The average Bonchev–Trinajstić information content (AvgIpc) is 3.68. The van der Waals surface area contributed by atoms with Crippen molar-refractivity contribution in [3.63, 3.8) is 0 Å². The molecule has 2 N–H and O–H groups in total. The highest BCUT2D eigenvalue weighted by Gasteiger charge is 2.56. The maximum absolute atomic E-state index is 16.9. The molecular weight excluding hydrogens is 814 g/mol. The molecule has 5 rings (SSSR count). The van der Waals surface area contributed by atoms with Gasteiger partial charge in [0.25, 0.3) is 5.67 Å². The Morgan fingerprint density at radius 2 is 1.82 bits per heavy atom. The topological polar surface area (TPSA) is 201 Å². The van der Waals surface area contributed by atoms with E-state index in [0.29, 0.717) is 17.8 Å². The normalized spacial score (nSPS) is 38.4. The zero-order chi connectivity index (χ0) is 45.0. The van der Waals surface area contributed by atoms with Crippen molar-refractivity contribution in [2.24, 2.45) is 27.9 Å².